The summed E-state index contributed by atoms with van der Waals surface area (Å²) in [6, 6.07) is 10.4. The van der Waals surface area contributed by atoms with Crippen LogP contribution in [0.5, 0.6) is 0 Å². The van der Waals surface area contributed by atoms with Crippen molar-refractivity contribution in [3.8, 4) is 10.7 Å². The fourth-order valence-corrected chi connectivity index (χ4v) is 4.29. The van der Waals surface area contributed by atoms with Gasteiger partial charge in [0.15, 0.2) is 10.6 Å². The molecule has 7 nitrogen and oxygen atoms in total. The topological polar surface area (TPSA) is 89.0 Å². The van der Waals surface area contributed by atoms with Crippen LogP contribution in [0.25, 0.3) is 10.7 Å². The fourth-order valence-electron chi connectivity index (χ4n) is 3.07. The summed E-state index contributed by atoms with van der Waals surface area (Å²) in [4.78, 5) is 26.0. The van der Waals surface area contributed by atoms with Crippen LogP contribution in [0, 0.1) is 4.77 Å². The Labute approximate surface area is 194 Å². The highest BCUT2D eigenvalue weighted by atomic mass is 35.5. The minimum atomic E-state index is -0.596. The average molecular weight is 479 g/mol. The molecule has 31 heavy (non-hydrogen) atoms. The number of esters is 1. The molecule has 1 aromatic carbocycles. The quantitative estimate of drug-likeness (QED) is 0.337. The first-order valence-electron chi connectivity index (χ1n) is 9.77. The molecule has 0 radical (unpaired) electrons. The van der Waals surface area contributed by atoms with E-state index in [4.69, 9.17) is 28.6 Å². The van der Waals surface area contributed by atoms with Crippen molar-refractivity contribution in [2.75, 3.05) is 0 Å². The maximum Gasteiger partial charge on any atom is 0.308 e. The lowest BCUT2D eigenvalue weighted by Crippen LogP contribution is -2.32. The number of H-pyrrole nitrogens is 1. The molecule has 0 saturated carbocycles. The molecule has 0 aliphatic rings. The number of aromatic nitrogens is 3. The van der Waals surface area contributed by atoms with Crippen LogP contribution in [0.2, 0.25) is 5.02 Å². The third-order valence-corrected chi connectivity index (χ3v) is 5.94. The van der Waals surface area contributed by atoms with E-state index in [-0.39, 0.29) is 24.9 Å². The second kappa shape index (κ2) is 10.7. The smallest absolute Gasteiger partial charge is 0.308 e. The van der Waals surface area contributed by atoms with E-state index in [1.54, 1.807) is 48.0 Å². The molecule has 1 amide bonds. The van der Waals surface area contributed by atoms with Crippen LogP contribution in [0.15, 0.2) is 41.8 Å². The van der Waals surface area contributed by atoms with Gasteiger partial charge in [-0.2, -0.15) is 5.10 Å². The lowest BCUT2D eigenvalue weighted by molar-refractivity contribution is -0.148. The van der Waals surface area contributed by atoms with Gasteiger partial charge in [-0.3, -0.25) is 19.3 Å². The van der Waals surface area contributed by atoms with Crippen molar-refractivity contribution in [3.63, 3.8) is 0 Å². The second-order valence-electron chi connectivity index (χ2n) is 7.12. The highest BCUT2D eigenvalue weighted by Crippen LogP contribution is 2.26. The van der Waals surface area contributed by atoms with E-state index in [0.717, 1.165) is 4.88 Å². The summed E-state index contributed by atoms with van der Waals surface area (Å²) in [6.07, 6.45) is -0.0974. The molecule has 3 aromatic rings. The number of carbonyl (C=O) groups excluding carboxylic acids is 2. The zero-order chi connectivity index (χ0) is 22.4. The first-order valence-corrected chi connectivity index (χ1v) is 11.4. The number of carbonyl (C=O) groups is 2. The number of thiophene rings is 1. The van der Waals surface area contributed by atoms with Gasteiger partial charge in [0.25, 0.3) is 0 Å². The maximum atomic E-state index is 12.8. The molecule has 2 aromatic heterocycles. The summed E-state index contributed by atoms with van der Waals surface area (Å²) in [5.74, 6) is 0.0516. The van der Waals surface area contributed by atoms with E-state index >= 15 is 0 Å². The maximum absolute atomic E-state index is 12.8. The summed E-state index contributed by atoms with van der Waals surface area (Å²) in [5, 5.41) is 12.4. The van der Waals surface area contributed by atoms with Gasteiger partial charge in [0.2, 0.25) is 5.91 Å². The third-order valence-electron chi connectivity index (χ3n) is 4.42. The van der Waals surface area contributed by atoms with Gasteiger partial charge in [0.1, 0.15) is 0 Å². The number of benzene rings is 1. The SMILES string of the molecule is CC(C)OC(=O)CC(NC(=O)CCn1c(-c2cccs2)n[nH]c1=S)c1ccccc1Cl. The van der Waals surface area contributed by atoms with Gasteiger partial charge in [0, 0.05) is 18.0 Å². The molecule has 0 fully saturated rings. The number of nitrogens with one attached hydrogen (secondary N) is 2. The summed E-state index contributed by atoms with van der Waals surface area (Å²) >= 11 is 13.2. The number of amides is 1. The van der Waals surface area contributed by atoms with E-state index in [0.29, 0.717) is 27.7 Å². The second-order valence-corrected chi connectivity index (χ2v) is 8.86. The van der Waals surface area contributed by atoms with E-state index in [1.165, 1.54) is 0 Å². The number of rotatable bonds is 9. The average Bonchev–Trinajstić information content (AvgIpc) is 3.35. The number of hydrogen-bond acceptors (Lipinski definition) is 6. The molecule has 1 atom stereocenters. The Hall–Kier alpha value is -2.49. The molecule has 0 saturated heterocycles. The lowest BCUT2D eigenvalue weighted by Gasteiger charge is -2.20. The fraction of sp³-hybridized carbons (Fsp3) is 0.333. The predicted molar refractivity (Wildman–Crippen MR) is 124 cm³/mol. The highest BCUT2D eigenvalue weighted by molar-refractivity contribution is 7.71. The Morgan fingerprint density at radius 2 is 2.06 bits per heavy atom. The van der Waals surface area contributed by atoms with Gasteiger partial charge in [-0.15, -0.1) is 11.3 Å². The van der Waals surface area contributed by atoms with Crippen molar-refractivity contribution in [2.45, 2.75) is 45.4 Å². The van der Waals surface area contributed by atoms with Crippen LogP contribution in [-0.2, 0) is 20.9 Å². The van der Waals surface area contributed by atoms with Crippen molar-refractivity contribution >= 4 is 47.0 Å². The van der Waals surface area contributed by atoms with Crippen molar-refractivity contribution in [3.05, 3.63) is 57.1 Å². The van der Waals surface area contributed by atoms with E-state index < -0.39 is 12.0 Å². The number of ether oxygens (including phenoxy) is 1. The summed E-state index contributed by atoms with van der Waals surface area (Å²) in [7, 11) is 0. The first kappa shape index (κ1) is 23.2. The van der Waals surface area contributed by atoms with Crippen LogP contribution < -0.4 is 5.32 Å². The Morgan fingerprint density at radius 3 is 2.74 bits per heavy atom. The molecule has 3 rings (SSSR count). The van der Waals surface area contributed by atoms with Crippen molar-refractivity contribution in [2.24, 2.45) is 0 Å². The molecular formula is C21H23ClN4O3S2. The van der Waals surface area contributed by atoms with Crippen LogP contribution in [0.3, 0.4) is 0 Å². The van der Waals surface area contributed by atoms with E-state index in [2.05, 4.69) is 15.5 Å². The molecule has 2 heterocycles. The first-order chi connectivity index (χ1) is 14.8. The Morgan fingerprint density at radius 1 is 1.29 bits per heavy atom. The molecule has 0 spiro atoms. The third kappa shape index (κ3) is 6.25. The van der Waals surface area contributed by atoms with Crippen LogP contribution in [-0.4, -0.2) is 32.7 Å². The zero-order valence-corrected chi connectivity index (χ0v) is 19.5. The van der Waals surface area contributed by atoms with Crippen molar-refractivity contribution in [1.82, 2.24) is 20.1 Å². The zero-order valence-electron chi connectivity index (χ0n) is 17.1. The minimum absolute atomic E-state index is 0.0146. The van der Waals surface area contributed by atoms with E-state index in [9.17, 15) is 9.59 Å². The number of aromatic amines is 1. The van der Waals surface area contributed by atoms with Crippen LogP contribution >= 0.6 is 35.2 Å². The Balaban J connectivity index is 1.71. The monoisotopic (exact) mass is 478 g/mol. The van der Waals surface area contributed by atoms with Gasteiger partial charge in [-0.05, 0) is 49.1 Å². The predicted octanol–water partition coefficient (Wildman–Crippen LogP) is 4.91. The molecule has 10 heteroatoms. The molecule has 0 aliphatic heterocycles. The van der Waals surface area contributed by atoms with Gasteiger partial charge in [0.05, 0.1) is 23.4 Å². The molecule has 1 unspecified atom stereocenters. The largest absolute Gasteiger partial charge is 0.463 e. The molecule has 2 N–H and O–H groups in total. The summed E-state index contributed by atoms with van der Waals surface area (Å²) in [5.41, 5.74) is 0.664. The molecule has 164 valence electrons. The Bertz CT molecular complexity index is 1090. The normalized spacial score (nSPS) is 12.0. The van der Waals surface area contributed by atoms with Crippen LogP contribution in [0.4, 0.5) is 0 Å². The highest BCUT2D eigenvalue weighted by Gasteiger charge is 2.22. The van der Waals surface area contributed by atoms with Gasteiger partial charge in [-0.25, -0.2) is 0 Å². The number of hydrogen-bond donors (Lipinski definition) is 2. The molecular weight excluding hydrogens is 456 g/mol. The van der Waals surface area contributed by atoms with Gasteiger partial charge < -0.3 is 10.1 Å². The summed E-state index contributed by atoms with van der Waals surface area (Å²) < 4.78 is 7.49. The number of halogens is 1. The minimum Gasteiger partial charge on any atom is -0.463 e. The lowest BCUT2D eigenvalue weighted by atomic mass is 10.0. The van der Waals surface area contributed by atoms with Gasteiger partial charge in [-0.1, -0.05) is 35.9 Å². The van der Waals surface area contributed by atoms with Gasteiger partial charge >= 0.3 is 5.97 Å². The van der Waals surface area contributed by atoms with Crippen molar-refractivity contribution < 1.29 is 14.3 Å². The number of nitrogens with zero attached hydrogens (tertiary/aromatic N) is 2. The van der Waals surface area contributed by atoms with E-state index in [1.807, 2.05) is 23.6 Å². The van der Waals surface area contributed by atoms with Crippen LogP contribution in [0.1, 0.15) is 38.3 Å². The Kier molecular flexibility index (Phi) is 8.00. The summed E-state index contributed by atoms with van der Waals surface area (Å²) in [6.45, 7) is 3.90. The molecule has 0 aliphatic carbocycles. The van der Waals surface area contributed by atoms with Crippen molar-refractivity contribution in [1.29, 1.82) is 0 Å². The molecule has 0 bridgehead atoms. The standard InChI is InChI=1S/C21H23ClN4O3S2/c1-13(2)29-19(28)12-16(14-6-3-4-7-15(14)22)23-18(27)9-10-26-20(24-25-21(26)30)17-8-5-11-31-17/h3-8,11,13,16H,9-10,12H2,1-2H3,(H,23,27)(H,25,30).